The van der Waals surface area contributed by atoms with E-state index in [4.69, 9.17) is 4.98 Å². The number of rotatable bonds is 6. The quantitative estimate of drug-likeness (QED) is 0.877. The van der Waals surface area contributed by atoms with Gasteiger partial charge in [0.15, 0.2) is 0 Å². The zero-order chi connectivity index (χ0) is 14.8. The summed E-state index contributed by atoms with van der Waals surface area (Å²) in [5.41, 5.74) is 3.68. The third-order valence-electron chi connectivity index (χ3n) is 3.78. The van der Waals surface area contributed by atoms with E-state index in [1.165, 1.54) is 34.5 Å². The van der Waals surface area contributed by atoms with Gasteiger partial charge in [0.05, 0.1) is 5.69 Å². The van der Waals surface area contributed by atoms with Gasteiger partial charge in [0.1, 0.15) is 5.01 Å². The molecule has 21 heavy (non-hydrogen) atoms. The number of hydrogen-bond acceptors (Lipinski definition) is 4. The monoisotopic (exact) mass is 301 g/mol. The molecule has 1 aliphatic carbocycles. The Labute approximate surface area is 130 Å². The van der Waals surface area contributed by atoms with E-state index >= 15 is 0 Å². The van der Waals surface area contributed by atoms with E-state index in [1.807, 2.05) is 23.7 Å². The van der Waals surface area contributed by atoms with Crippen LogP contribution in [0.5, 0.6) is 0 Å². The first-order chi connectivity index (χ1) is 10.1. The summed E-state index contributed by atoms with van der Waals surface area (Å²) in [6, 6.07) is 2.80. The van der Waals surface area contributed by atoms with E-state index < -0.39 is 0 Å². The van der Waals surface area contributed by atoms with Gasteiger partial charge in [-0.25, -0.2) is 4.98 Å². The number of hydrogen-bond donors (Lipinski definition) is 1. The Balaban J connectivity index is 1.88. The molecule has 0 atom stereocenters. The molecule has 1 fully saturated rings. The summed E-state index contributed by atoms with van der Waals surface area (Å²) in [5, 5.41) is 4.74. The number of nitrogens with one attached hydrogen (secondary N) is 1. The van der Waals surface area contributed by atoms with Gasteiger partial charge >= 0.3 is 0 Å². The van der Waals surface area contributed by atoms with Gasteiger partial charge in [0.2, 0.25) is 0 Å². The standard InChI is InChI=1S/C17H23N3S/c1-11(2)8-15-16(10-19-13-4-5-13)21-17(20-15)14-9-18-7-6-12(14)3/h6-7,9,11,13,19H,4-5,8,10H2,1-3H3. The average Bonchev–Trinajstić information content (AvgIpc) is 3.19. The minimum absolute atomic E-state index is 0.634. The van der Waals surface area contributed by atoms with Crippen molar-refractivity contribution in [1.82, 2.24) is 15.3 Å². The fourth-order valence-corrected chi connectivity index (χ4v) is 3.51. The Kier molecular flexibility index (Phi) is 4.36. The van der Waals surface area contributed by atoms with Crippen molar-refractivity contribution in [1.29, 1.82) is 0 Å². The van der Waals surface area contributed by atoms with Crippen molar-refractivity contribution in [3.63, 3.8) is 0 Å². The van der Waals surface area contributed by atoms with Crippen LogP contribution < -0.4 is 5.32 Å². The molecule has 4 heteroatoms. The van der Waals surface area contributed by atoms with E-state index in [1.54, 1.807) is 0 Å². The summed E-state index contributed by atoms with van der Waals surface area (Å²) in [4.78, 5) is 10.6. The van der Waals surface area contributed by atoms with Gasteiger partial charge in [0.25, 0.3) is 0 Å². The normalized spacial score (nSPS) is 14.9. The second kappa shape index (κ2) is 6.24. The molecule has 3 nitrogen and oxygen atoms in total. The maximum absolute atomic E-state index is 4.92. The molecule has 0 spiro atoms. The fourth-order valence-electron chi connectivity index (χ4n) is 2.40. The van der Waals surface area contributed by atoms with Gasteiger partial charge in [-0.1, -0.05) is 13.8 Å². The van der Waals surface area contributed by atoms with Gasteiger partial charge in [-0.2, -0.15) is 0 Å². The fraction of sp³-hybridized carbons (Fsp3) is 0.529. The lowest BCUT2D eigenvalue weighted by Gasteiger charge is -2.05. The van der Waals surface area contributed by atoms with Crippen molar-refractivity contribution in [2.24, 2.45) is 5.92 Å². The highest BCUT2D eigenvalue weighted by molar-refractivity contribution is 7.15. The summed E-state index contributed by atoms with van der Waals surface area (Å²) < 4.78 is 0. The highest BCUT2D eigenvalue weighted by atomic mass is 32.1. The van der Waals surface area contributed by atoms with Gasteiger partial charge in [-0.05, 0) is 43.7 Å². The second-order valence-electron chi connectivity index (χ2n) is 6.33. The summed E-state index contributed by atoms with van der Waals surface area (Å²) in [6.45, 7) is 7.60. The van der Waals surface area contributed by atoms with Crippen LogP contribution in [0.15, 0.2) is 18.5 Å². The summed E-state index contributed by atoms with van der Waals surface area (Å²) in [5.74, 6) is 0.634. The number of nitrogens with zero attached hydrogens (tertiary/aromatic N) is 2. The molecule has 0 radical (unpaired) electrons. The molecule has 2 heterocycles. The SMILES string of the molecule is Cc1ccncc1-c1nc(CC(C)C)c(CNC2CC2)s1. The van der Waals surface area contributed by atoms with Gasteiger partial charge in [-0.3, -0.25) is 4.98 Å². The van der Waals surface area contributed by atoms with Crippen molar-refractivity contribution >= 4 is 11.3 Å². The zero-order valence-corrected chi connectivity index (χ0v) is 13.8. The Morgan fingerprint density at radius 2 is 2.19 bits per heavy atom. The van der Waals surface area contributed by atoms with Crippen LogP contribution in [0.2, 0.25) is 0 Å². The smallest absolute Gasteiger partial charge is 0.125 e. The Morgan fingerprint density at radius 3 is 2.86 bits per heavy atom. The molecular formula is C17H23N3S. The molecule has 0 aliphatic heterocycles. The van der Waals surface area contributed by atoms with Crippen LogP contribution in [-0.2, 0) is 13.0 Å². The van der Waals surface area contributed by atoms with E-state index in [0.717, 1.165) is 24.0 Å². The van der Waals surface area contributed by atoms with E-state index in [-0.39, 0.29) is 0 Å². The number of thiazole rings is 1. The van der Waals surface area contributed by atoms with Gasteiger partial charge in [0, 0.05) is 35.4 Å². The van der Waals surface area contributed by atoms with Crippen LogP contribution in [0, 0.1) is 12.8 Å². The van der Waals surface area contributed by atoms with E-state index in [9.17, 15) is 0 Å². The lowest BCUT2D eigenvalue weighted by molar-refractivity contribution is 0.624. The van der Waals surface area contributed by atoms with Crippen molar-refractivity contribution in [3.05, 3.63) is 34.6 Å². The molecule has 2 aromatic rings. The molecular weight excluding hydrogens is 278 g/mol. The molecule has 0 aromatic carbocycles. The number of aryl methyl sites for hydroxylation is 1. The van der Waals surface area contributed by atoms with Crippen LogP contribution >= 0.6 is 11.3 Å². The third-order valence-corrected chi connectivity index (χ3v) is 4.91. The summed E-state index contributed by atoms with van der Waals surface area (Å²) in [7, 11) is 0. The Hall–Kier alpha value is -1.26. The molecule has 112 valence electrons. The Morgan fingerprint density at radius 1 is 1.38 bits per heavy atom. The van der Waals surface area contributed by atoms with Crippen molar-refractivity contribution in [2.75, 3.05) is 0 Å². The van der Waals surface area contributed by atoms with Crippen LogP contribution in [0.1, 0.15) is 42.8 Å². The van der Waals surface area contributed by atoms with Crippen LogP contribution in [0.3, 0.4) is 0 Å². The Bertz CT molecular complexity index is 614. The van der Waals surface area contributed by atoms with Gasteiger partial charge in [-0.15, -0.1) is 11.3 Å². The highest BCUT2D eigenvalue weighted by Crippen LogP contribution is 2.31. The van der Waals surface area contributed by atoms with Crippen LogP contribution in [0.4, 0.5) is 0 Å². The first-order valence-corrected chi connectivity index (χ1v) is 8.58. The molecule has 0 bridgehead atoms. The number of pyridine rings is 1. The molecule has 1 N–H and O–H groups in total. The first-order valence-electron chi connectivity index (χ1n) is 7.76. The topological polar surface area (TPSA) is 37.8 Å². The second-order valence-corrected chi connectivity index (χ2v) is 7.42. The molecule has 0 amide bonds. The maximum atomic E-state index is 4.92. The van der Waals surface area contributed by atoms with E-state index in [0.29, 0.717) is 5.92 Å². The predicted octanol–water partition coefficient (Wildman–Crippen LogP) is 3.96. The zero-order valence-electron chi connectivity index (χ0n) is 13.0. The molecule has 1 aliphatic rings. The minimum Gasteiger partial charge on any atom is -0.309 e. The van der Waals surface area contributed by atoms with Gasteiger partial charge < -0.3 is 5.32 Å². The predicted molar refractivity (Wildman–Crippen MR) is 88.5 cm³/mol. The first kappa shape index (κ1) is 14.7. The lowest BCUT2D eigenvalue weighted by Crippen LogP contribution is -2.15. The molecule has 0 saturated heterocycles. The van der Waals surface area contributed by atoms with Crippen LogP contribution in [0.25, 0.3) is 10.6 Å². The maximum Gasteiger partial charge on any atom is 0.125 e. The van der Waals surface area contributed by atoms with Crippen LogP contribution in [-0.4, -0.2) is 16.0 Å². The molecule has 0 unspecified atom stereocenters. The molecule has 1 saturated carbocycles. The summed E-state index contributed by atoms with van der Waals surface area (Å²) in [6.07, 6.45) is 7.49. The van der Waals surface area contributed by atoms with Crippen molar-refractivity contribution < 1.29 is 0 Å². The van der Waals surface area contributed by atoms with E-state index in [2.05, 4.69) is 37.1 Å². The molecule has 2 aromatic heterocycles. The number of aromatic nitrogens is 2. The molecule has 3 rings (SSSR count). The highest BCUT2D eigenvalue weighted by Gasteiger charge is 2.22. The average molecular weight is 301 g/mol. The largest absolute Gasteiger partial charge is 0.309 e. The van der Waals surface area contributed by atoms with Crippen molar-refractivity contribution in [2.45, 2.75) is 52.6 Å². The minimum atomic E-state index is 0.634. The van der Waals surface area contributed by atoms with Crippen molar-refractivity contribution in [3.8, 4) is 10.6 Å². The summed E-state index contributed by atoms with van der Waals surface area (Å²) >= 11 is 1.82. The lowest BCUT2D eigenvalue weighted by atomic mass is 10.1. The third kappa shape index (κ3) is 3.69.